The number of hydrogen-bond acceptors (Lipinski definition) is 4. The van der Waals surface area contributed by atoms with Gasteiger partial charge in [-0.1, -0.05) is 6.07 Å². The van der Waals surface area contributed by atoms with Crippen molar-refractivity contribution in [3.05, 3.63) is 17.5 Å². The van der Waals surface area contributed by atoms with Gasteiger partial charge in [0.05, 0.1) is 26.9 Å². The van der Waals surface area contributed by atoms with E-state index in [-0.39, 0.29) is 6.10 Å². The highest BCUT2D eigenvalue weighted by atomic mass is 32.2. The maximum absolute atomic E-state index is 11.8. The molecule has 3 unspecified atom stereocenters. The molecule has 0 aromatic carbocycles. The van der Waals surface area contributed by atoms with Crippen LogP contribution in [0.2, 0.25) is 0 Å². The van der Waals surface area contributed by atoms with Gasteiger partial charge in [0.1, 0.15) is 0 Å². The van der Waals surface area contributed by atoms with Gasteiger partial charge < -0.3 is 9.84 Å². The molecular weight excluding hydrogens is 248 g/mol. The number of hydrogen-bond donors (Lipinski definition) is 1. The molecule has 0 amide bonds. The molecule has 1 aliphatic rings. The van der Waals surface area contributed by atoms with E-state index >= 15 is 0 Å². The molecule has 88 valence electrons. The first-order valence-electron chi connectivity index (χ1n) is 4.97. The third-order valence-electron chi connectivity index (χ3n) is 2.44. The van der Waals surface area contributed by atoms with E-state index in [2.05, 4.69) is 0 Å². The molecule has 1 aliphatic heterocycles. The third-order valence-corrected chi connectivity index (χ3v) is 5.21. The Balaban J connectivity index is 1.88. The van der Waals surface area contributed by atoms with E-state index in [0.717, 1.165) is 4.21 Å². The Morgan fingerprint density at radius 2 is 2.44 bits per heavy atom. The van der Waals surface area contributed by atoms with E-state index in [4.69, 9.17) is 9.84 Å². The minimum absolute atomic E-state index is 0.191. The summed E-state index contributed by atoms with van der Waals surface area (Å²) in [6.45, 7) is 0. The zero-order chi connectivity index (χ0) is 11.5. The smallest absolute Gasteiger partial charge is 0.332 e. The van der Waals surface area contributed by atoms with Crippen LogP contribution >= 0.6 is 11.3 Å². The van der Waals surface area contributed by atoms with Crippen LogP contribution in [-0.4, -0.2) is 33.2 Å². The van der Waals surface area contributed by atoms with E-state index in [0.29, 0.717) is 18.6 Å². The van der Waals surface area contributed by atoms with Crippen molar-refractivity contribution >= 4 is 28.1 Å². The van der Waals surface area contributed by atoms with Crippen LogP contribution in [0.25, 0.3) is 0 Å². The van der Waals surface area contributed by atoms with E-state index < -0.39 is 22.9 Å². The molecule has 1 fully saturated rings. The molecule has 2 heterocycles. The molecule has 16 heavy (non-hydrogen) atoms. The van der Waals surface area contributed by atoms with Crippen molar-refractivity contribution in [2.24, 2.45) is 0 Å². The lowest BCUT2D eigenvalue weighted by atomic mass is 10.2. The molecule has 1 saturated heterocycles. The second-order valence-corrected chi connectivity index (χ2v) is 6.28. The molecular formula is C10H12O4S2. The van der Waals surface area contributed by atoms with Crippen LogP contribution in [0.1, 0.15) is 12.8 Å². The third kappa shape index (κ3) is 2.69. The van der Waals surface area contributed by atoms with Gasteiger partial charge in [0.2, 0.25) is 0 Å². The standard InChI is InChI=1S/C10H12O4S2/c11-10(12)8-4-3-7(14-8)6-16(13)9-2-1-5-15-9/h1-2,5,7-8H,3-4,6H2,(H,11,12). The number of rotatable bonds is 4. The zero-order valence-electron chi connectivity index (χ0n) is 8.50. The average Bonchev–Trinajstić information content (AvgIpc) is 2.87. The molecule has 2 rings (SSSR count). The summed E-state index contributed by atoms with van der Waals surface area (Å²) in [4.78, 5) is 10.7. The summed E-state index contributed by atoms with van der Waals surface area (Å²) in [6.07, 6.45) is 0.282. The second kappa shape index (κ2) is 5.07. The van der Waals surface area contributed by atoms with Crippen LogP contribution in [0.3, 0.4) is 0 Å². The molecule has 0 aliphatic carbocycles. The fourth-order valence-electron chi connectivity index (χ4n) is 1.65. The van der Waals surface area contributed by atoms with E-state index in [1.807, 2.05) is 17.5 Å². The number of aliphatic carboxylic acids is 1. The summed E-state index contributed by atoms with van der Waals surface area (Å²) >= 11 is 1.45. The molecule has 0 bridgehead atoms. The minimum Gasteiger partial charge on any atom is -0.479 e. The molecule has 1 aromatic heterocycles. The summed E-state index contributed by atoms with van der Waals surface area (Å²) in [6, 6.07) is 3.68. The van der Waals surface area contributed by atoms with Gasteiger partial charge in [-0.3, -0.25) is 4.21 Å². The van der Waals surface area contributed by atoms with Gasteiger partial charge in [0, 0.05) is 0 Å². The number of carboxylic acid groups (broad SMARTS) is 1. The van der Waals surface area contributed by atoms with Crippen LogP contribution in [-0.2, 0) is 20.3 Å². The molecule has 3 atom stereocenters. The van der Waals surface area contributed by atoms with Crippen LogP contribution in [0.4, 0.5) is 0 Å². The summed E-state index contributed by atoms with van der Waals surface area (Å²) in [5, 5.41) is 10.6. The minimum atomic E-state index is -1.07. The Kier molecular flexibility index (Phi) is 3.73. The quantitative estimate of drug-likeness (QED) is 0.891. The summed E-state index contributed by atoms with van der Waals surface area (Å²) in [5.74, 6) is -0.533. The number of carbonyl (C=O) groups is 1. The highest BCUT2D eigenvalue weighted by Crippen LogP contribution is 2.23. The normalized spacial score (nSPS) is 26.8. The topological polar surface area (TPSA) is 63.6 Å². The van der Waals surface area contributed by atoms with E-state index in [9.17, 15) is 9.00 Å². The predicted octanol–water partition coefficient (Wildman–Crippen LogP) is 1.49. The molecule has 1 N–H and O–H groups in total. The van der Waals surface area contributed by atoms with Gasteiger partial charge in [0.15, 0.2) is 6.10 Å². The van der Waals surface area contributed by atoms with Gasteiger partial charge in [-0.05, 0) is 24.3 Å². The van der Waals surface area contributed by atoms with Crippen molar-refractivity contribution in [2.45, 2.75) is 29.3 Å². The van der Waals surface area contributed by atoms with Crippen LogP contribution in [0.5, 0.6) is 0 Å². The summed E-state index contributed by atoms with van der Waals surface area (Å²) in [7, 11) is -1.07. The maximum Gasteiger partial charge on any atom is 0.332 e. The number of ether oxygens (including phenoxy) is 1. The zero-order valence-corrected chi connectivity index (χ0v) is 10.1. The Morgan fingerprint density at radius 1 is 1.62 bits per heavy atom. The molecule has 6 heteroatoms. The van der Waals surface area contributed by atoms with Gasteiger partial charge in [-0.15, -0.1) is 11.3 Å². The first kappa shape index (κ1) is 11.8. The van der Waals surface area contributed by atoms with Crippen LogP contribution in [0.15, 0.2) is 21.7 Å². The van der Waals surface area contributed by atoms with Crippen molar-refractivity contribution in [3.8, 4) is 0 Å². The van der Waals surface area contributed by atoms with Crippen molar-refractivity contribution in [1.29, 1.82) is 0 Å². The SMILES string of the molecule is O=C(O)C1CCC(CS(=O)c2cccs2)O1. The molecule has 0 spiro atoms. The Bertz CT molecular complexity index is 388. The van der Waals surface area contributed by atoms with Gasteiger partial charge in [-0.2, -0.15) is 0 Å². The average molecular weight is 260 g/mol. The lowest BCUT2D eigenvalue weighted by Crippen LogP contribution is -2.23. The van der Waals surface area contributed by atoms with Crippen LogP contribution < -0.4 is 0 Å². The van der Waals surface area contributed by atoms with Crippen molar-refractivity contribution in [3.63, 3.8) is 0 Å². The molecule has 1 aromatic rings. The Morgan fingerprint density at radius 3 is 3.00 bits per heavy atom. The number of thiophene rings is 1. The molecule has 0 saturated carbocycles. The van der Waals surface area contributed by atoms with E-state index in [1.54, 1.807) is 0 Å². The maximum atomic E-state index is 11.8. The van der Waals surface area contributed by atoms with Crippen molar-refractivity contribution < 1.29 is 18.8 Å². The molecule has 4 nitrogen and oxygen atoms in total. The van der Waals surface area contributed by atoms with Gasteiger partial charge >= 0.3 is 5.97 Å². The summed E-state index contributed by atoms with van der Waals surface area (Å²) in [5.41, 5.74) is 0. The Hall–Kier alpha value is -0.720. The lowest BCUT2D eigenvalue weighted by Gasteiger charge is -2.09. The fourth-order valence-corrected chi connectivity index (χ4v) is 3.88. The lowest BCUT2D eigenvalue weighted by molar-refractivity contribution is -0.148. The van der Waals surface area contributed by atoms with Gasteiger partial charge in [-0.25, -0.2) is 4.79 Å². The predicted molar refractivity (Wildman–Crippen MR) is 61.1 cm³/mol. The highest BCUT2D eigenvalue weighted by Gasteiger charge is 2.31. The first-order valence-corrected chi connectivity index (χ1v) is 7.17. The highest BCUT2D eigenvalue weighted by molar-refractivity contribution is 7.87. The van der Waals surface area contributed by atoms with Crippen LogP contribution in [0, 0.1) is 0 Å². The largest absolute Gasteiger partial charge is 0.479 e. The first-order chi connectivity index (χ1) is 7.66. The molecule has 0 radical (unpaired) electrons. The second-order valence-electron chi connectivity index (χ2n) is 3.61. The monoisotopic (exact) mass is 260 g/mol. The van der Waals surface area contributed by atoms with Crippen molar-refractivity contribution in [1.82, 2.24) is 0 Å². The fraction of sp³-hybridized carbons (Fsp3) is 0.500. The van der Waals surface area contributed by atoms with Gasteiger partial charge in [0.25, 0.3) is 0 Å². The number of carboxylic acids is 1. The van der Waals surface area contributed by atoms with Crippen molar-refractivity contribution in [2.75, 3.05) is 5.75 Å². The summed E-state index contributed by atoms with van der Waals surface area (Å²) < 4.78 is 18.0. The Labute approximate surface area is 99.7 Å². The van der Waals surface area contributed by atoms with E-state index in [1.165, 1.54) is 11.3 Å².